The normalized spacial score (nSPS) is 39.3. The smallest absolute Gasteiger partial charge is 0.0223 e. The van der Waals surface area contributed by atoms with Crippen molar-refractivity contribution in [3.8, 4) is 0 Å². The Labute approximate surface area is 119 Å². The Bertz CT molecular complexity index is 264. The minimum atomic E-state index is 0.799. The van der Waals surface area contributed by atoms with Gasteiger partial charge in [-0.2, -0.15) is 0 Å². The second-order valence-electron chi connectivity index (χ2n) is 7.37. The van der Waals surface area contributed by atoms with E-state index in [2.05, 4.69) is 17.1 Å². The molecular weight excluding hydrogens is 232 g/mol. The molecule has 1 unspecified atom stereocenters. The summed E-state index contributed by atoms with van der Waals surface area (Å²) in [6.45, 7) is 6.29. The maximum Gasteiger partial charge on any atom is 0.0223 e. The van der Waals surface area contributed by atoms with Gasteiger partial charge in [-0.3, -0.25) is 4.90 Å². The summed E-state index contributed by atoms with van der Waals surface area (Å²) >= 11 is 0. The number of hydrogen-bond acceptors (Lipinski definition) is 2. The van der Waals surface area contributed by atoms with E-state index in [4.69, 9.17) is 0 Å². The lowest BCUT2D eigenvalue weighted by molar-refractivity contribution is 0.0813. The van der Waals surface area contributed by atoms with Crippen molar-refractivity contribution in [2.45, 2.75) is 76.8 Å². The molecule has 1 N–H and O–H groups in total. The SMILES string of the molecule is CC1CCC(N2CCNC(C3CCCCC3)C2)CC1. The number of nitrogens with zero attached hydrogens (tertiary/aromatic N) is 1. The predicted octanol–water partition coefficient (Wildman–Crippen LogP) is 3.42. The first-order chi connectivity index (χ1) is 9.33. The molecule has 0 spiro atoms. The Balaban J connectivity index is 1.52. The lowest BCUT2D eigenvalue weighted by atomic mass is 9.82. The average molecular weight is 264 g/mol. The molecule has 110 valence electrons. The summed E-state index contributed by atoms with van der Waals surface area (Å²) in [7, 11) is 0. The molecule has 1 aliphatic heterocycles. The Kier molecular flexibility index (Phi) is 4.81. The van der Waals surface area contributed by atoms with Crippen LogP contribution in [-0.2, 0) is 0 Å². The zero-order valence-corrected chi connectivity index (χ0v) is 12.7. The first-order valence-corrected chi connectivity index (χ1v) is 8.80. The fraction of sp³-hybridized carbons (Fsp3) is 1.00. The van der Waals surface area contributed by atoms with Gasteiger partial charge >= 0.3 is 0 Å². The van der Waals surface area contributed by atoms with Gasteiger partial charge in [-0.25, -0.2) is 0 Å². The van der Waals surface area contributed by atoms with Crippen molar-refractivity contribution in [1.29, 1.82) is 0 Å². The molecule has 3 fully saturated rings. The minimum Gasteiger partial charge on any atom is -0.311 e. The molecule has 19 heavy (non-hydrogen) atoms. The highest BCUT2D eigenvalue weighted by molar-refractivity contribution is 4.89. The highest BCUT2D eigenvalue weighted by Crippen LogP contribution is 2.31. The first kappa shape index (κ1) is 13.9. The molecule has 0 bridgehead atoms. The van der Waals surface area contributed by atoms with Crippen molar-refractivity contribution >= 4 is 0 Å². The fourth-order valence-corrected chi connectivity index (χ4v) is 4.59. The van der Waals surface area contributed by atoms with E-state index in [1.54, 1.807) is 0 Å². The molecule has 2 nitrogen and oxygen atoms in total. The standard InChI is InChI=1S/C17H32N2/c1-14-7-9-16(10-8-14)19-12-11-18-17(13-19)15-5-3-2-4-6-15/h14-18H,2-13H2,1H3. The summed E-state index contributed by atoms with van der Waals surface area (Å²) in [5.74, 6) is 1.95. The molecule has 2 saturated carbocycles. The highest BCUT2D eigenvalue weighted by Gasteiger charge is 2.32. The third-order valence-corrected chi connectivity index (χ3v) is 5.96. The van der Waals surface area contributed by atoms with Crippen LogP contribution >= 0.6 is 0 Å². The number of nitrogens with one attached hydrogen (secondary N) is 1. The highest BCUT2D eigenvalue weighted by atomic mass is 15.2. The van der Waals surface area contributed by atoms with Gasteiger partial charge in [0.2, 0.25) is 0 Å². The lowest BCUT2D eigenvalue weighted by Crippen LogP contribution is -2.57. The second-order valence-corrected chi connectivity index (χ2v) is 7.37. The Morgan fingerprint density at radius 2 is 1.63 bits per heavy atom. The van der Waals surface area contributed by atoms with Crippen LogP contribution in [0.3, 0.4) is 0 Å². The maximum atomic E-state index is 3.82. The molecule has 3 rings (SSSR count). The summed E-state index contributed by atoms with van der Waals surface area (Å²) in [6, 6.07) is 1.71. The predicted molar refractivity (Wildman–Crippen MR) is 81.4 cm³/mol. The van der Waals surface area contributed by atoms with Gasteiger partial charge < -0.3 is 5.32 Å². The Morgan fingerprint density at radius 3 is 2.37 bits per heavy atom. The van der Waals surface area contributed by atoms with Crippen molar-refractivity contribution in [2.24, 2.45) is 11.8 Å². The average Bonchev–Trinajstić information content (AvgIpc) is 2.49. The molecule has 1 heterocycles. The summed E-state index contributed by atoms with van der Waals surface area (Å²) in [5, 5.41) is 3.82. The second kappa shape index (κ2) is 6.58. The first-order valence-electron chi connectivity index (χ1n) is 8.80. The molecule has 2 heteroatoms. The largest absolute Gasteiger partial charge is 0.311 e. The Hall–Kier alpha value is -0.0800. The van der Waals surface area contributed by atoms with Gasteiger partial charge in [-0.15, -0.1) is 0 Å². The molecule has 1 saturated heterocycles. The van der Waals surface area contributed by atoms with Gasteiger partial charge in [0.05, 0.1) is 0 Å². The van der Waals surface area contributed by atoms with Crippen molar-refractivity contribution in [3.63, 3.8) is 0 Å². The van der Waals surface area contributed by atoms with Crippen LogP contribution in [0.1, 0.15) is 64.7 Å². The van der Waals surface area contributed by atoms with Crippen LogP contribution in [0.25, 0.3) is 0 Å². The topological polar surface area (TPSA) is 15.3 Å². The maximum absolute atomic E-state index is 3.82. The van der Waals surface area contributed by atoms with E-state index in [-0.39, 0.29) is 0 Å². The zero-order chi connectivity index (χ0) is 13.1. The quantitative estimate of drug-likeness (QED) is 0.822. The molecule has 1 atom stereocenters. The van der Waals surface area contributed by atoms with Crippen LogP contribution < -0.4 is 5.32 Å². The van der Waals surface area contributed by atoms with Gasteiger partial charge in [-0.05, 0) is 50.4 Å². The van der Waals surface area contributed by atoms with Crippen molar-refractivity contribution in [3.05, 3.63) is 0 Å². The molecule has 0 radical (unpaired) electrons. The molecule has 0 aromatic rings. The van der Waals surface area contributed by atoms with Crippen LogP contribution in [0, 0.1) is 11.8 Å². The molecule has 0 aromatic heterocycles. The van der Waals surface area contributed by atoms with E-state index in [1.807, 2.05) is 0 Å². The van der Waals surface area contributed by atoms with Crippen LogP contribution in [-0.4, -0.2) is 36.6 Å². The number of piperazine rings is 1. The van der Waals surface area contributed by atoms with Crippen molar-refractivity contribution < 1.29 is 0 Å². The van der Waals surface area contributed by atoms with Gasteiger partial charge in [0.15, 0.2) is 0 Å². The Morgan fingerprint density at radius 1 is 0.895 bits per heavy atom. The summed E-state index contributed by atoms with van der Waals surface area (Å²) in [5.41, 5.74) is 0. The van der Waals surface area contributed by atoms with Crippen LogP contribution in [0.2, 0.25) is 0 Å². The summed E-state index contributed by atoms with van der Waals surface area (Å²) < 4.78 is 0. The molecule has 3 aliphatic rings. The van der Waals surface area contributed by atoms with E-state index in [0.29, 0.717) is 0 Å². The van der Waals surface area contributed by atoms with E-state index >= 15 is 0 Å². The summed E-state index contributed by atoms with van der Waals surface area (Å²) in [4.78, 5) is 2.83. The van der Waals surface area contributed by atoms with Crippen LogP contribution in [0.4, 0.5) is 0 Å². The molecule has 2 aliphatic carbocycles. The van der Waals surface area contributed by atoms with Crippen LogP contribution in [0.15, 0.2) is 0 Å². The fourth-order valence-electron chi connectivity index (χ4n) is 4.59. The van der Waals surface area contributed by atoms with Crippen LogP contribution in [0.5, 0.6) is 0 Å². The summed E-state index contributed by atoms with van der Waals surface area (Å²) in [6.07, 6.45) is 13.2. The van der Waals surface area contributed by atoms with Gasteiger partial charge in [-0.1, -0.05) is 26.2 Å². The molecule has 0 aromatic carbocycles. The lowest BCUT2D eigenvalue weighted by Gasteiger charge is -2.44. The van der Waals surface area contributed by atoms with E-state index in [1.165, 1.54) is 77.4 Å². The molecular formula is C17H32N2. The zero-order valence-electron chi connectivity index (χ0n) is 12.7. The third kappa shape index (κ3) is 3.52. The van der Waals surface area contributed by atoms with Crippen molar-refractivity contribution in [1.82, 2.24) is 10.2 Å². The monoisotopic (exact) mass is 264 g/mol. The van der Waals surface area contributed by atoms with E-state index in [0.717, 1.165) is 23.9 Å². The van der Waals surface area contributed by atoms with E-state index < -0.39 is 0 Å². The van der Waals surface area contributed by atoms with E-state index in [9.17, 15) is 0 Å². The van der Waals surface area contributed by atoms with Crippen molar-refractivity contribution in [2.75, 3.05) is 19.6 Å². The van der Waals surface area contributed by atoms with Gasteiger partial charge in [0.1, 0.15) is 0 Å². The third-order valence-electron chi connectivity index (χ3n) is 5.96. The van der Waals surface area contributed by atoms with Gasteiger partial charge in [0, 0.05) is 31.7 Å². The molecule has 0 amide bonds. The minimum absolute atomic E-state index is 0.799. The number of hydrogen-bond donors (Lipinski definition) is 1. The van der Waals surface area contributed by atoms with Gasteiger partial charge in [0.25, 0.3) is 0 Å². The number of rotatable bonds is 2.